The molecule has 3 heterocycles. The number of hydrogen-bond acceptors (Lipinski definition) is 5. The van der Waals surface area contributed by atoms with Crippen molar-refractivity contribution in [1.29, 1.82) is 0 Å². The zero-order valence-corrected chi connectivity index (χ0v) is 12.3. The molecule has 0 aromatic carbocycles. The second kappa shape index (κ2) is 5.73. The molecule has 0 aliphatic carbocycles. The molecule has 1 N–H and O–H groups in total. The van der Waals surface area contributed by atoms with Crippen LogP contribution < -0.4 is 10.1 Å². The van der Waals surface area contributed by atoms with Crippen LogP contribution >= 0.6 is 22.7 Å². The second-order valence-corrected chi connectivity index (χ2v) is 5.83. The minimum Gasteiger partial charge on any atom is -0.480 e. The molecule has 4 nitrogen and oxygen atoms in total. The van der Waals surface area contributed by atoms with Gasteiger partial charge < -0.3 is 10.1 Å². The van der Waals surface area contributed by atoms with Gasteiger partial charge in [0.15, 0.2) is 4.96 Å². The highest BCUT2D eigenvalue weighted by Crippen LogP contribution is 2.22. The molecular weight excluding hydrogens is 278 g/mol. The Morgan fingerprint density at radius 2 is 2.37 bits per heavy atom. The Hall–Kier alpha value is -1.37. The predicted octanol–water partition coefficient (Wildman–Crippen LogP) is 2.80. The number of nitrogens with zero attached hydrogens (tertiary/aromatic N) is 2. The number of nitrogens with one attached hydrogen (secondary N) is 1. The average molecular weight is 293 g/mol. The Bertz CT molecular complexity index is 642. The van der Waals surface area contributed by atoms with Crippen LogP contribution in [-0.2, 0) is 13.0 Å². The summed E-state index contributed by atoms with van der Waals surface area (Å²) in [6.45, 7) is 1.72. The summed E-state index contributed by atoms with van der Waals surface area (Å²) in [4.78, 5) is 5.42. The van der Waals surface area contributed by atoms with Crippen molar-refractivity contribution in [2.75, 3.05) is 13.7 Å². The number of aromatic nitrogens is 2. The number of thiazole rings is 1. The van der Waals surface area contributed by atoms with Crippen LogP contribution in [-0.4, -0.2) is 23.0 Å². The molecule has 0 saturated heterocycles. The van der Waals surface area contributed by atoms with Crippen LogP contribution in [0.25, 0.3) is 4.96 Å². The number of fused-ring (bicyclic) bond motifs is 1. The van der Waals surface area contributed by atoms with Crippen molar-refractivity contribution in [3.8, 4) is 5.88 Å². The Balaban J connectivity index is 1.62. The van der Waals surface area contributed by atoms with E-state index >= 15 is 0 Å². The summed E-state index contributed by atoms with van der Waals surface area (Å²) >= 11 is 3.36. The summed E-state index contributed by atoms with van der Waals surface area (Å²) in [7, 11) is 1.67. The number of methoxy groups -OCH3 is 1. The molecule has 0 saturated carbocycles. The van der Waals surface area contributed by atoms with Crippen LogP contribution in [0.15, 0.2) is 28.4 Å². The predicted molar refractivity (Wildman–Crippen MR) is 79.4 cm³/mol. The van der Waals surface area contributed by atoms with E-state index in [1.54, 1.807) is 29.8 Å². The van der Waals surface area contributed by atoms with Crippen molar-refractivity contribution in [2.24, 2.45) is 0 Å². The first kappa shape index (κ1) is 12.7. The van der Waals surface area contributed by atoms with Crippen molar-refractivity contribution in [1.82, 2.24) is 14.7 Å². The minimum atomic E-state index is 0.717. The first-order chi connectivity index (χ1) is 9.38. The highest BCUT2D eigenvalue weighted by Gasteiger charge is 2.12. The van der Waals surface area contributed by atoms with Crippen molar-refractivity contribution in [3.05, 3.63) is 39.7 Å². The van der Waals surface area contributed by atoms with Gasteiger partial charge in [-0.1, -0.05) is 0 Å². The second-order valence-electron chi connectivity index (χ2n) is 4.18. The van der Waals surface area contributed by atoms with Gasteiger partial charge in [-0.2, -0.15) is 16.3 Å². The van der Waals surface area contributed by atoms with E-state index < -0.39 is 0 Å². The molecule has 0 bridgehead atoms. The summed E-state index contributed by atoms with van der Waals surface area (Å²) in [6, 6.07) is 2.17. The van der Waals surface area contributed by atoms with Gasteiger partial charge in [-0.15, -0.1) is 11.3 Å². The van der Waals surface area contributed by atoms with Crippen LogP contribution in [0, 0.1) is 0 Å². The third-order valence-corrected chi connectivity index (χ3v) is 4.47. The monoisotopic (exact) mass is 293 g/mol. The number of rotatable bonds is 6. The lowest BCUT2D eigenvalue weighted by Gasteiger charge is -2.05. The number of thiophene rings is 1. The van der Waals surface area contributed by atoms with Gasteiger partial charge in [-0.3, -0.25) is 4.40 Å². The molecule has 0 spiro atoms. The van der Waals surface area contributed by atoms with E-state index in [0.717, 1.165) is 36.0 Å². The minimum absolute atomic E-state index is 0.717. The van der Waals surface area contributed by atoms with Gasteiger partial charge in [-0.25, -0.2) is 0 Å². The fraction of sp³-hybridized carbons (Fsp3) is 0.308. The topological polar surface area (TPSA) is 38.6 Å². The molecule has 0 aliphatic heterocycles. The van der Waals surface area contributed by atoms with Crippen molar-refractivity contribution >= 4 is 27.6 Å². The molecule has 19 heavy (non-hydrogen) atoms. The van der Waals surface area contributed by atoms with Gasteiger partial charge in [0.1, 0.15) is 5.69 Å². The van der Waals surface area contributed by atoms with Crippen LogP contribution in [0.5, 0.6) is 5.88 Å². The zero-order chi connectivity index (χ0) is 13.1. The van der Waals surface area contributed by atoms with Gasteiger partial charge in [-0.05, 0) is 35.4 Å². The summed E-state index contributed by atoms with van der Waals surface area (Å²) in [6.07, 6.45) is 3.09. The van der Waals surface area contributed by atoms with Gasteiger partial charge in [0.25, 0.3) is 0 Å². The molecule has 0 atom stereocenters. The van der Waals surface area contributed by atoms with Crippen LogP contribution in [0.3, 0.4) is 0 Å². The number of hydrogen-bond donors (Lipinski definition) is 1. The largest absolute Gasteiger partial charge is 0.480 e. The Kier molecular flexibility index (Phi) is 3.82. The summed E-state index contributed by atoms with van der Waals surface area (Å²) in [5.41, 5.74) is 2.47. The Morgan fingerprint density at radius 1 is 1.42 bits per heavy atom. The van der Waals surface area contributed by atoms with Crippen molar-refractivity contribution in [2.45, 2.75) is 13.0 Å². The quantitative estimate of drug-likeness (QED) is 0.710. The maximum atomic E-state index is 5.33. The Morgan fingerprint density at radius 3 is 3.16 bits per heavy atom. The smallest absolute Gasteiger partial charge is 0.237 e. The van der Waals surface area contributed by atoms with Gasteiger partial charge >= 0.3 is 0 Å². The van der Waals surface area contributed by atoms with Gasteiger partial charge in [0.05, 0.1) is 7.11 Å². The molecule has 3 aromatic rings. The molecule has 6 heteroatoms. The lowest BCUT2D eigenvalue weighted by atomic mass is 10.2. The van der Waals surface area contributed by atoms with Crippen LogP contribution in [0.4, 0.5) is 0 Å². The summed E-state index contributed by atoms with van der Waals surface area (Å²) in [5, 5.41) is 9.80. The first-order valence-electron chi connectivity index (χ1n) is 6.08. The lowest BCUT2D eigenvalue weighted by Crippen LogP contribution is -2.17. The molecule has 3 aromatic heterocycles. The summed E-state index contributed by atoms with van der Waals surface area (Å²) < 4.78 is 7.41. The molecule has 100 valence electrons. The molecule has 0 unspecified atom stereocenters. The zero-order valence-electron chi connectivity index (χ0n) is 10.6. The van der Waals surface area contributed by atoms with E-state index in [4.69, 9.17) is 4.74 Å². The molecular formula is C13H15N3OS2. The standard InChI is InChI=1S/C13H15N3OS2/c1-17-12-11(16-5-7-19-13(16)15-12)8-14-4-2-10-3-6-18-9-10/h3,5-7,9,14H,2,4,8H2,1H3. The maximum Gasteiger partial charge on any atom is 0.237 e. The van der Waals surface area contributed by atoms with E-state index in [9.17, 15) is 0 Å². The van der Waals surface area contributed by atoms with Crippen LogP contribution in [0.1, 0.15) is 11.3 Å². The van der Waals surface area contributed by atoms with Gasteiger partial charge in [0.2, 0.25) is 5.88 Å². The third kappa shape index (κ3) is 2.65. The highest BCUT2D eigenvalue weighted by atomic mass is 32.1. The summed E-state index contributed by atoms with van der Waals surface area (Å²) in [5.74, 6) is 0.717. The van der Waals surface area contributed by atoms with Crippen molar-refractivity contribution < 1.29 is 4.74 Å². The van der Waals surface area contributed by atoms with E-state index in [0.29, 0.717) is 0 Å². The normalized spacial score (nSPS) is 11.2. The maximum absolute atomic E-state index is 5.33. The van der Waals surface area contributed by atoms with E-state index in [1.165, 1.54) is 5.56 Å². The SMILES string of the molecule is COc1nc2sccn2c1CNCCc1ccsc1. The highest BCUT2D eigenvalue weighted by molar-refractivity contribution is 7.15. The van der Waals surface area contributed by atoms with E-state index in [2.05, 4.69) is 31.5 Å². The number of imidazole rings is 1. The van der Waals surface area contributed by atoms with Crippen molar-refractivity contribution in [3.63, 3.8) is 0 Å². The molecule has 0 amide bonds. The molecule has 0 radical (unpaired) electrons. The van der Waals surface area contributed by atoms with Crippen LogP contribution in [0.2, 0.25) is 0 Å². The first-order valence-corrected chi connectivity index (χ1v) is 7.91. The fourth-order valence-electron chi connectivity index (χ4n) is 2.01. The van der Waals surface area contributed by atoms with Gasteiger partial charge in [0, 0.05) is 18.1 Å². The third-order valence-electron chi connectivity index (χ3n) is 2.98. The lowest BCUT2D eigenvalue weighted by molar-refractivity contribution is 0.393. The average Bonchev–Trinajstić information content (AvgIpc) is 3.12. The molecule has 3 rings (SSSR count). The molecule has 0 fully saturated rings. The Labute approximate surface area is 119 Å². The fourth-order valence-corrected chi connectivity index (χ4v) is 3.44. The van der Waals surface area contributed by atoms with E-state index in [-0.39, 0.29) is 0 Å². The number of ether oxygens (including phenoxy) is 1. The van der Waals surface area contributed by atoms with E-state index in [1.807, 2.05) is 11.6 Å². The molecule has 0 aliphatic rings.